The van der Waals surface area contributed by atoms with E-state index in [1.54, 1.807) is 24.0 Å². The first-order chi connectivity index (χ1) is 10.2. The van der Waals surface area contributed by atoms with Crippen LogP contribution in [0, 0.1) is 18.3 Å². The summed E-state index contributed by atoms with van der Waals surface area (Å²) in [6.45, 7) is 2.06. The maximum atomic E-state index is 8.80. The normalized spacial score (nSPS) is 10.5. The zero-order valence-corrected chi connectivity index (χ0v) is 12.1. The van der Waals surface area contributed by atoms with Gasteiger partial charge in [0.1, 0.15) is 11.8 Å². The number of hydrogen-bond donors (Lipinski definition) is 1. The van der Waals surface area contributed by atoms with E-state index in [1.807, 2.05) is 6.07 Å². The van der Waals surface area contributed by atoms with Gasteiger partial charge < -0.3 is 9.51 Å². The number of rotatable bonds is 4. The lowest BCUT2D eigenvalue weighted by atomic mass is 10.2. The monoisotopic (exact) mass is 296 g/mol. The van der Waals surface area contributed by atoms with Crippen molar-refractivity contribution in [3.63, 3.8) is 0 Å². The molecule has 0 fully saturated rings. The van der Waals surface area contributed by atoms with Gasteiger partial charge >= 0.3 is 0 Å². The number of aryl methyl sites for hydroxylation is 1. The molecule has 0 amide bonds. The van der Waals surface area contributed by atoms with Crippen LogP contribution in [0.4, 0.5) is 0 Å². The fraction of sp³-hybridized carbons (Fsp3) is 0.133. The van der Waals surface area contributed by atoms with E-state index in [0.717, 1.165) is 0 Å². The van der Waals surface area contributed by atoms with Crippen LogP contribution in [0.25, 0.3) is 11.6 Å². The fourth-order valence-electron chi connectivity index (χ4n) is 1.86. The van der Waals surface area contributed by atoms with E-state index < -0.39 is 0 Å². The van der Waals surface area contributed by atoms with Gasteiger partial charge in [0, 0.05) is 11.1 Å². The summed E-state index contributed by atoms with van der Waals surface area (Å²) in [5, 5.41) is 12.8. The summed E-state index contributed by atoms with van der Waals surface area (Å²) in [5.74, 6) is 1.67. The Bertz CT molecular complexity index is 800. The molecule has 1 aromatic carbocycles. The van der Waals surface area contributed by atoms with E-state index >= 15 is 0 Å². The molecule has 0 radical (unpaired) electrons. The lowest BCUT2D eigenvalue weighted by molar-refractivity contribution is 0.424. The highest BCUT2D eigenvalue weighted by atomic mass is 32.2. The molecule has 0 aliphatic carbocycles. The van der Waals surface area contributed by atoms with Crippen molar-refractivity contribution >= 4 is 11.8 Å². The number of nitrogens with one attached hydrogen (secondary N) is 1. The second kappa shape index (κ2) is 5.85. The number of H-pyrrole nitrogens is 1. The second-order valence-corrected chi connectivity index (χ2v) is 5.58. The van der Waals surface area contributed by atoms with Crippen LogP contribution in [0.3, 0.4) is 0 Å². The summed E-state index contributed by atoms with van der Waals surface area (Å²) >= 11 is 1.66. The van der Waals surface area contributed by atoms with E-state index in [-0.39, 0.29) is 0 Å². The minimum absolute atomic E-state index is 0.399. The highest BCUT2D eigenvalue weighted by Gasteiger charge is 2.11. The lowest BCUT2D eigenvalue weighted by Gasteiger charge is -1.99. The third-order valence-corrected chi connectivity index (χ3v) is 3.86. The Balaban J connectivity index is 1.69. The molecule has 0 spiro atoms. The molecule has 0 saturated heterocycles. The van der Waals surface area contributed by atoms with Crippen molar-refractivity contribution < 1.29 is 4.52 Å². The second-order valence-electron chi connectivity index (χ2n) is 4.53. The minimum Gasteiger partial charge on any atom is -0.356 e. The fourth-order valence-corrected chi connectivity index (χ4v) is 2.71. The van der Waals surface area contributed by atoms with Gasteiger partial charge in [-0.15, -0.1) is 11.8 Å². The Morgan fingerprint density at radius 3 is 3.05 bits per heavy atom. The standard InChI is InChI=1S/C15H12N4OS/c1-10-3-2-4-12(5-10)21-9-14-18-15(20-19-14)13-6-11(7-16)8-17-13/h2-6,8,17H,9H2,1H3. The molecular formula is C15H12N4OS. The van der Waals surface area contributed by atoms with Gasteiger partial charge in [0.2, 0.25) is 0 Å². The Labute approximate surface area is 126 Å². The molecule has 0 unspecified atom stereocenters. The molecule has 104 valence electrons. The van der Waals surface area contributed by atoms with Crippen LogP contribution in [0.2, 0.25) is 0 Å². The Hall–Kier alpha value is -2.52. The first-order valence-corrected chi connectivity index (χ1v) is 7.34. The molecule has 1 N–H and O–H groups in total. The quantitative estimate of drug-likeness (QED) is 0.745. The first-order valence-electron chi connectivity index (χ1n) is 6.35. The van der Waals surface area contributed by atoms with Crippen molar-refractivity contribution in [2.75, 3.05) is 0 Å². The zero-order chi connectivity index (χ0) is 14.7. The van der Waals surface area contributed by atoms with E-state index in [1.165, 1.54) is 10.5 Å². The smallest absolute Gasteiger partial charge is 0.274 e. The number of benzene rings is 1. The maximum Gasteiger partial charge on any atom is 0.274 e. The van der Waals surface area contributed by atoms with Crippen molar-refractivity contribution in [1.82, 2.24) is 15.1 Å². The summed E-state index contributed by atoms with van der Waals surface area (Å²) in [6, 6.07) is 12.0. The highest BCUT2D eigenvalue weighted by molar-refractivity contribution is 7.98. The van der Waals surface area contributed by atoms with Crippen LogP contribution in [-0.2, 0) is 5.75 Å². The van der Waals surface area contributed by atoms with Crippen molar-refractivity contribution in [3.8, 4) is 17.7 Å². The third-order valence-electron chi connectivity index (χ3n) is 2.87. The average Bonchev–Trinajstić information content (AvgIpc) is 3.14. The lowest BCUT2D eigenvalue weighted by Crippen LogP contribution is -1.84. The van der Waals surface area contributed by atoms with E-state index in [0.29, 0.717) is 28.7 Å². The number of aromatic amines is 1. The van der Waals surface area contributed by atoms with Crippen LogP contribution in [0.15, 0.2) is 45.9 Å². The van der Waals surface area contributed by atoms with Crippen LogP contribution < -0.4 is 0 Å². The average molecular weight is 296 g/mol. The van der Waals surface area contributed by atoms with Crippen LogP contribution >= 0.6 is 11.8 Å². The predicted octanol–water partition coefficient (Wildman–Crippen LogP) is 3.54. The Morgan fingerprint density at radius 2 is 2.29 bits per heavy atom. The molecular weight excluding hydrogens is 284 g/mol. The largest absolute Gasteiger partial charge is 0.356 e. The number of nitrogens with zero attached hydrogens (tertiary/aromatic N) is 3. The molecule has 6 heteroatoms. The van der Waals surface area contributed by atoms with Gasteiger partial charge in [-0.2, -0.15) is 10.2 Å². The first kappa shape index (κ1) is 13.5. The molecule has 3 aromatic rings. The molecule has 0 atom stereocenters. The van der Waals surface area contributed by atoms with Crippen molar-refractivity contribution in [2.45, 2.75) is 17.6 Å². The van der Waals surface area contributed by atoms with Crippen molar-refractivity contribution in [1.29, 1.82) is 5.26 Å². The van der Waals surface area contributed by atoms with E-state index in [4.69, 9.17) is 9.78 Å². The Kier molecular flexibility index (Phi) is 3.75. The SMILES string of the molecule is Cc1cccc(SCc2noc(-c3cc(C#N)c[nH]3)n2)c1. The number of thioether (sulfide) groups is 1. The molecule has 0 bridgehead atoms. The molecule has 0 aliphatic heterocycles. The topological polar surface area (TPSA) is 78.5 Å². The predicted molar refractivity (Wildman–Crippen MR) is 79.5 cm³/mol. The summed E-state index contributed by atoms with van der Waals surface area (Å²) in [6.07, 6.45) is 1.61. The minimum atomic E-state index is 0.399. The number of hydrogen-bond acceptors (Lipinski definition) is 5. The number of nitriles is 1. The molecule has 0 aliphatic rings. The van der Waals surface area contributed by atoms with Crippen molar-refractivity contribution in [3.05, 3.63) is 53.5 Å². The molecule has 2 heterocycles. The van der Waals surface area contributed by atoms with Crippen LogP contribution in [0.5, 0.6) is 0 Å². The maximum absolute atomic E-state index is 8.80. The van der Waals surface area contributed by atoms with Gasteiger partial charge in [-0.3, -0.25) is 0 Å². The zero-order valence-electron chi connectivity index (χ0n) is 11.3. The van der Waals surface area contributed by atoms with Gasteiger partial charge in [-0.1, -0.05) is 22.9 Å². The molecule has 21 heavy (non-hydrogen) atoms. The van der Waals surface area contributed by atoms with Gasteiger partial charge in [0.05, 0.1) is 11.3 Å². The summed E-state index contributed by atoms with van der Waals surface area (Å²) in [5.41, 5.74) is 2.42. The van der Waals surface area contributed by atoms with Gasteiger partial charge in [0.25, 0.3) is 5.89 Å². The van der Waals surface area contributed by atoms with E-state index in [9.17, 15) is 0 Å². The van der Waals surface area contributed by atoms with Gasteiger partial charge in [-0.05, 0) is 25.1 Å². The highest BCUT2D eigenvalue weighted by Crippen LogP contribution is 2.24. The molecule has 5 nitrogen and oxygen atoms in total. The van der Waals surface area contributed by atoms with Gasteiger partial charge in [-0.25, -0.2) is 0 Å². The number of aromatic nitrogens is 3. The van der Waals surface area contributed by atoms with E-state index in [2.05, 4.69) is 46.3 Å². The Morgan fingerprint density at radius 1 is 1.38 bits per heavy atom. The van der Waals surface area contributed by atoms with Crippen LogP contribution in [-0.4, -0.2) is 15.1 Å². The summed E-state index contributed by atoms with van der Waals surface area (Å²) in [7, 11) is 0. The summed E-state index contributed by atoms with van der Waals surface area (Å²) < 4.78 is 5.21. The molecule has 2 aromatic heterocycles. The van der Waals surface area contributed by atoms with Crippen LogP contribution in [0.1, 0.15) is 17.0 Å². The van der Waals surface area contributed by atoms with Gasteiger partial charge in [0.15, 0.2) is 5.82 Å². The van der Waals surface area contributed by atoms with Crippen molar-refractivity contribution in [2.24, 2.45) is 0 Å². The third kappa shape index (κ3) is 3.15. The molecule has 3 rings (SSSR count). The summed E-state index contributed by atoms with van der Waals surface area (Å²) in [4.78, 5) is 8.44. The molecule has 0 saturated carbocycles.